The normalized spacial score (nSPS) is 18.4. The molecule has 1 fully saturated rings. The monoisotopic (exact) mass is 247 g/mol. The molecular formula is C15H21NO2. The van der Waals surface area contributed by atoms with Crippen LogP contribution in [0.3, 0.4) is 0 Å². The van der Waals surface area contributed by atoms with Crippen LogP contribution in [0.15, 0.2) is 18.2 Å². The minimum Gasteiger partial charge on any atom is -0.481 e. The van der Waals surface area contributed by atoms with Gasteiger partial charge in [-0.2, -0.15) is 0 Å². The molecule has 1 aromatic rings. The van der Waals surface area contributed by atoms with Crippen molar-refractivity contribution in [2.75, 3.05) is 13.1 Å². The van der Waals surface area contributed by atoms with E-state index in [2.05, 4.69) is 43.9 Å². The number of rotatable bonds is 4. The predicted octanol–water partition coefficient (Wildman–Crippen LogP) is 2.77. The molecule has 0 amide bonds. The summed E-state index contributed by atoms with van der Waals surface area (Å²) < 4.78 is 0. The molecule has 2 rings (SSSR count). The van der Waals surface area contributed by atoms with E-state index >= 15 is 0 Å². The minimum absolute atomic E-state index is 0.302. The summed E-state index contributed by atoms with van der Waals surface area (Å²) in [5.41, 5.74) is 3.96. The second-order valence-corrected chi connectivity index (χ2v) is 5.45. The average Bonchev–Trinajstić information content (AvgIpc) is 2.25. The molecule has 3 nitrogen and oxygen atoms in total. The maximum absolute atomic E-state index is 10.6. The third-order valence-electron chi connectivity index (χ3n) is 3.88. The third-order valence-corrected chi connectivity index (χ3v) is 3.88. The van der Waals surface area contributed by atoms with Crippen LogP contribution in [0.2, 0.25) is 0 Å². The Labute approximate surface area is 108 Å². The van der Waals surface area contributed by atoms with Crippen molar-refractivity contribution >= 4 is 5.97 Å². The summed E-state index contributed by atoms with van der Waals surface area (Å²) >= 11 is 0. The first-order valence-electron chi connectivity index (χ1n) is 6.50. The zero-order valence-corrected chi connectivity index (χ0v) is 11.3. The van der Waals surface area contributed by atoms with Crippen LogP contribution >= 0.6 is 0 Å². The van der Waals surface area contributed by atoms with Crippen molar-refractivity contribution < 1.29 is 9.90 Å². The molecule has 1 aliphatic heterocycles. The number of carbonyl (C=O) groups is 1. The molecule has 1 aromatic carbocycles. The van der Waals surface area contributed by atoms with E-state index in [9.17, 15) is 4.79 Å². The van der Waals surface area contributed by atoms with Gasteiger partial charge in [0.2, 0.25) is 0 Å². The van der Waals surface area contributed by atoms with Gasteiger partial charge in [-0.05, 0) is 37.8 Å². The van der Waals surface area contributed by atoms with Gasteiger partial charge in [-0.1, -0.05) is 23.8 Å². The fourth-order valence-electron chi connectivity index (χ4n) is 2.71. The van der Waals surface area contributed by atoms with Crippen molar-refractivity contribution in [3.63, 3.8) is 0 Å². The van der Waals surface area contributed by atoms with E-state index in [-0.39, 0.29) is 0 Å². The number of benzene rings is 1. The minimum atomic E-state index is -0.681. The van der Waals surface area contributed by atoms with Crippen LogP contribution in [-0.2, 0) is 4.79 Å². The Hall–Kier alpha value is -1.35. The van der Waals surface area contributed by atoms with Crippen molar-refractivity contribution in [1.82, 2.24) is 4.90 Å². The van der Waals surface area contributed by atoms with Gasteiger partial charge in [0.25, 0.3) is 0 Å². The summed E-state index contributed by atoms with van der Waals surface area (Å²) in [6.45, 7) is 8.26. The van der Waals surface area contributed by atoms with E-state index in [0.717, 1.165) is 13.1 Å². The lowest BCUT2D eigenvalue weighted by Crippen LogP contribution is -2.48. The first kappa shape index (κ1) is 13.1. The summed E-state index contributed by atoms with van der Waals surface area (Å²) in [6.07, 6.45) is 0.302. The zero-order chi connectivity index (χ0) is 13.3. The molecule has 0 bridgehead atoms. The average molecular weight is 247 g/mol. The maximum Gasteiger partial charge on any atom is 0.303 e. The number of aryl methyl sites for hydroxylation is 2. The van der Waals surface area contributed by atoms with Crippen LogP contribution in [0, 0.1) is 19.8 Å². The Morgan fingerprint density at radius 1 is 1.44 bits per heavy atom. The van der Waals surface area contributed by atoms with E-state index in [1.807, 2.05) is 0 Å². The van der Waals surface area contributed by atoms with E-state index in [0.29, 0.717) is 18.4 Å². The fraction of sp³-hybridized carbons (Fsp3) is 0.533. The van der Waals surface area contributed by atoms with E-state index in [1.54, 1.807) is 0 Å². The number of likely N-dealkylation sites (tertiary alicyclic amines) is 1. The van der Waals surface area contributed by atoms with Crippen molar-refractivity contribution in [3.8, 4) is 0 Å². The van der Waals surface area contributed by atoms with Crippen molar-refractivity contribution in [2.24, 2.45) is 5.92 Å². The Morgan fingerprint density at radius 3 is 2.72 bits per heavy atom. The summed E-state index contributed by atoms with van der Waals surface area (Å²) in [6, 6.07) is 6.92. The Kier molecular flexibility index (Phi) is 3.71. The molecule has 0 aromatic heterocycles. The molecule has 0 spiro atoms. The maximum atomic E-state index is 10.6. The van der Waals surface area contributed by atoms with Crippen molar-refractivity contribution in [3.05, 3.63) is 34.9 Å². The van der Waals surface area contributed by atoms with E-state index in [1.165, 1.54) is 16.7 Å². The summed E-state index contributed by atoms with van der Waals surface area (Å²) in [7, 11) is 0. The van der Waals surface area contributed by atoms with Gasteiger partial charge in [0.15, 0.2) is 0 Å². The molecule has 98 valence electrons. The zero-order valence-electron chi connectivity index (χ0n) is 11.3. The molecule has 1 aliphatic rings. The predicted molar refractivity (Wildman–Crippen MR) is 71.6 cm³/mol. The van der Waals surface area contributed by atoms with Crippen LogP contribution in [0.4, 0.5) is 0 Å². The highest BCUT2D eigenvalue weighted by atomic mass is 16.4. The molecule has 1 saturated heterocycles. The van der Waals surface area contributed by atoms with Gasteiger partial charge in [0, 0.05) is 19.1 Å². The molecule has 18 heavy (non-hydrogen) atoms. The Bertz CT molecular complexity index is 450. The summed E-state index contributed by atoms with van der Waals surface area (Å²) in [4.78, 5) is 13.0. The summed E-state index contributed by atoms with van der Waals surface area (Å²) in [5, 5.41) is 8.75. The van der Waals surface area contributed by atoms with Crippen molar-refractivity contribution in [1.29, 1.82) is 0 Å². The number of hydrogen-bond acceptors (Lipinski definition) is 2. The van der Waals surface area contributed by atoms with Crippen LogP contribution in [-0.4, -0.2) is 29.1 Å². The molecule has 1 unspecified atom stereocenters. The van der Waals surface area contributed by atoms with Gasteiger partial charge in [-0.25, -0.2) is 0 Å². The van der Waals surface area contributed by atoms with Crippen molar-refractivity contribution in [2.45, 2.75) is 33.2 Å². The number of carboxylic acid groups (broad SMARTS) is 1. The first-order chi connectivity index (χ1) is 8.47. The van der Waals surface area contributed by atoms with E-state index < -0.39 is 5.97 Å². The number of aliphatic carboxylic acids is 1. The highest BCUT2D eigenvalue weighted by Crippen LogP contribution is 2.31. The smallest absolute Gasteiger partial charge is 0.303 e. The van der Waals surface area contributed by atoms with Crippen LogP contribution in [0.5, 0.6) is 0 Å². The molecule has 0 aliphatic carbocycles. The lowest BCUT2D eigenvalue weighted by Gasteiger charge is -2.43. The molecule has 1 atom stereocenters. The van der Waals surface area contributed by atoms with Gasteiger partial charge >= 0.3 is 5.97 Å². The quantitative estimate of drug-likeness (QED) is 0.889. The first-order valence-corrected chi connectivity index (χ1v) is 6.50. The highest BCUT2D eigenvalue weighted by molar-refractivity contribution is 5.67. The standard InChI is InChI=1S/C15H21NO2/c1-10-4-5-11(2)14(6-10)12(3)16-8-13(9-16)7-15(17)18/h4-6,12-13H,7-9H2,1-3H3,(H,17,18). The van der Waals surface area contributed by atoms with Crippen LogP contribution in [0.25, 0.3) is 0 Å². The Morgan fingerprint density at radius 2 is 2.11 bits per heavy atom. The van der Waals surface area contributed by atoms with Gasteiger partial charge in [-0.15, -0.1) is 0 Å². The number of nitrogens with zero attached hydrogens (tertiary/aromatic N) is 1. The number of hydrogen-bond donors (Lipinski definition) is 1. The Balaban J connectivity index is 1.99. The SMILES string of the molecule is Cc1ccc(C)c(C(C)N2CC(CC(=O)O)C2)c1. The van der Waals surface area contributed by atoms with Gasteiger partial charge in [-0.3, -0.25) is 9.69 Å². The largest absolute Gasteiger partial charge is 0.481 e. The molecule has 1 heterocycles. The molecule has 0 saturated carbocycles. The second-order valence-electron chi connectivity index (χ2n) is 5.45. The topological polar surface area (TPSA) is 40.5 Å². The van der Waals surface area contributed by atoms with Crippen LogP contribution in [0.1, 0.15) is 36.1 Å². The number of carboxylic acids is 1. The van der Waals surface area contributed by atoms with Gasteiger partial charge in [0.05, 0.1) is 6.42 Å². The summed E-state index contributed by atoms with van der Waals surface area (Å²) in [5.74, 6) is -0.353. The lowest BCUT2D eigenvalue weighted by molar-refractivity contribution is -0.139. The second kappa shape index (κ2) is 5.11. The molecular weight excluding hydrogens is 226 g/mol. The van der Waals surface area contributed by atoms with Gasteiger partial charge < -0.3 is 5.11 Å². The molecule has 0 radical (unpaired) electrons. The lowest BCUT2D eigenvalue weighted by atomic mass is 9.91. The third kappa shape index (κ3) is 2.72. The fourth-order valence-corrected chi connectivity index (χ4v) is 2.71. The highest BCUT2D eigenvalue weighted by Gasteiger charge is 2.32. The molecule has 1 N–H and O–H groups in total. The van der Waals surface area contributed by atoms with Gasteiger partial charge in [0.1, 0.15) is 0 Å². The van der Waals surface area contributed by atoms with Crippen LogP contribution < -0.4 is 0 Å². The van der Waals surface area contributed by atoms with E-state index in [4.69, 9.17) is 5.11 Å². The molecule has 3 heteroatoms.